The number of ether oxygens (including phenoxy) is 2. The highest BCUT2D eigenvalue weighted by Gasteiger charge is 2.38. The smallest absolute Gasteiger partial charge is 0.207 e. The maximum absolute atomic E-state index is 6.77. The molecule has 2 aliphatic heterocycles. The van der Waals surface area contributed by atoms with Crippen molar-refractivity contribution in [3.63, 3.8) is 0 Å². The molecule has 4 aromatic rings. The summed E-state index contributed by atoms with van der Waals surface area (Å²) in [7, 11) is 0. The van der Waals surface area contributed by atoms with E-state index in [9.17, 15) is 0 Å². The summed E-state index contributed by atoms with van der Waals surface area (Å²) in [5.41, 5.74) is 11.0. The normalized spacial score (nSPS) is 16.4. The van der Waals surface area contributed by atoms with Crippen LogP contribution in [0.15, 0.2) is 60.7 Å². The Hall–Kier alpha value is -3.27. The molecule has 0 N–H and O–H groups in total. The van der Waals surface area contributed by atoms with Crippen LogP contribution in [0.3, 0.4) is 0 Å². The lowest BCUT2D eigenvalue weighted by Crippen LogP contribution is -3.00. The van der Waals surface area contributed by atoms with Crippen molar-refractivity contribution in [1.82, 2.24) is 4.58 Å². The molecule has 2 heterocycles. The van der Waals surface area contributed by atoms with E-state index in [1.165, 1.54) is 44.3 Å². The van der Waals surface area contributed by atoms with E-state index in [2.05, 4.69) is 115 Å². The molecule has 224 valence electrons. The van der Waals surface area contributed by atoms with Crippen molar-refractivity contribution in [2.45, 2.75) is 79.1 Å². The summed E-state index contributed by atoms with van der Waals surface area (Å²) in [6.07, 6.45) is 1.11. The van der Waals surface area contributed by atoms with Crippen LogP contribution in [0.1, 0.15) is 84.5 Å². The number of hydrogen-bond acceptors (Lipinski definition) is 2. The quantitative estimate of drug-likeness (QED) is 0.190. The first-order valence-corrected chi connectivity index (χ1v) is 15.6. The van der Waals surface area contributed by atoms with Gasteiger partial charge in [0.2, 0.25) is 5.36 Å². The molecule has 4 aromatic carbocycles. The minimum atomic E-state index is 0. The molecule has 0 aliphatic carbocycles. The van der Waals surface area contributed by atoms with Gasteiger partial charge in [0.25, 0.3) is 0 Å². The van der Waals surface area contributed by atoms with Gasteiger partial charge in [-0.1, -0.05) is 25.1 Å². The first-order valence-electron chi connectivity index (χ1n) is 15.1. The summed E-state index contributed by atoms with van der Waals surface area (Å²) in [5.74, 6) is 4.24. The predicted molar refractivity (Wildman–Crippen MR) is 174 cm³/mol. The van der Waals surface area contributed by atoms with Crippen molar-refractivity contribution >= 4 is 17.2 Å². The van der Waals surface area contributed by atoms with Crippen molar-refractivity contribution in [2.75, 3.05) is 6.54 Å². The number of hydrogen-bond donors (Lipinski definition) is 0. The highest BCUT2D eigenvalue weighted by atomic mass is 35.5. The van der Waals surface area contributed by atoms with E-state index in [1.807, 2.05) is 6.07 Å². The molecule has 0 bridgehead atoms. The maximum atomic E-state index is 6.77. The van der Waals surface area contributed by atoms with Gasteiger partial charge in [0.05, 0.1) is 6.07 Å². The molecular weight excluding hydrogens is 573 g/mol. The monoisotopic (exact) mass is 613 g/mol. The Morgan fingerprint density at radius 3 is 2.21 bits per heavy atom. The van der Waals surface area contributed by atoms with Crippen LogP contribution < -0.4 is 37.0 Å². The number of rotatable bonds is 5. The van der Waals surface area contributed by atoms with E-state index in [1.54, 1.807) is 0 Å². The Kier molecular flexibility index (Phi) is 8.46. The molecule has 0 fully saturated rings. The molecular formula is C38H41Cl2NO2. The summed E-state index contributed by atoms with van der Waals surface area (Å²) in [6.45, 7) is 18.8. The van der Waals surface area contributed by atoms with E-state index < -0.39 is 0 Å². The second-order valence-corrected chi connectivity index (χ2v) is 13.0. The molecule has 0 radical (unpaired) electrons. The molecule has 0 spiro atoms. The fourth-order valence-corrected chi connectivity index (χ4v) is 7.25. The topological polar surface area (TPSA) is 21.5 Å². The Morgan fingerprint density at radius 1 is 0.860 bits per heavy atom. The molecule has 6 rings (SSSR count). The van der Waals surface area contributed by atoms with Gasteiger partial charge in [-0.2, -0.15) is 0 Å². The van der Waals surface area contributed by atoms with E-state index in [0.29, 0.717) is 11.8 Å². The summed E-state index contributed by atoms with van der Waals surface area (Å²) in [5, 5.41) is 2.42. The SMILES string of the molecule is CC[N+]1=c2cc3c(cc2C(C)CC1(C)C)=C(c1ccc(CCl)cc1C)c1ccc(Oc2cc(C)c(C)c(C)c2)cc1O3.[Cl-]. The van der Waals surface area contributed by atoms with Crippen LogP contribution in [0.5, 0.6) is 23.0 Å². The predicted octanol–water partition coefficient (Wildman–Crippen LogP) is 5.61. The average Bonchev–Trinajstić information content (AvgIpc) is 2.94. The molecule has 1 atom stereocenters. The fraction of sp³-hybridized carbons (Fsp3) is 0.342. The van der Waals surface area contributed by atoms with Gasteiger partial charge >= 0.3 is 0 Å². The van der Waals surface area contributed by atoms with E-state index in [-0.39, 0.29) is 17.9 Å². The number of alkyl halides is 1. The van der Waals surface area contributed by atoms with Crippen molar-refractivity contribution in [1.29, 1.82) is 0 Å². The van der Waals surface area contributed by atoms with Crippen molar-refractivity contribution < 1.29 is 21.9 Å². The molecule has 3 nitrogen and oxygen atoms in total. The van der Waals surface area contributed by atoms with Crippen LogP contribution in [-0.4, -0.2) is 12.1 Å². The van der Waals surface area contributed by atoms with Gasteiger partial charge in [-0.3, -0.25) is 0 Å². The Morgan fingerprint density at radius 2 is 1.56 bits per heavy atom. The first kappa shape index (κ1) is 31.2. The van der Waals surface area contributed by atoms with Gasteiger partial charge in [0.1, 0.15) is 29.5 Å². The van der Waals surface area contributed by atoms with Crippen LogP contribution in [0, 0.1) is 27.7 Å². The van der Waals surface area contributed by atoms with E-state index in [0.717, 1.165) is 52.3 Å². The van der Waals surface area contributed by atoms with Gasteiger partial charge in [-0.15, -0.1) is 11.6 Å². The van der Waals surface area contributed by atoms with Crippen LogP contribution in [0.2, 0.25) is 0 Å². The minimum absolute atomic E-state index is 0. The standard InChI is InChI=1S/C38H41ClNO2.ClH/c1-9-40-34-19-36-33(18-32(34)25(5)20-38(40,7)8)37(30-12-10-27(21-39)14-24(30)4)31-13-11-28(17-35(31)42-36)41-29-15-22(2)26(6)23(3)16-29;/h10-19,25H,9,20-21H2,1-8H3;1H/q+1;/p-1. The Labute approximate surface area is 267 Å². The Bertz CT molecular complexity index is 1850. The number of aryl methyl sites for hydroxylation is 3. The molecule has 5 heteroatoms. The number of fused-ring (bicyclic) bond motifs is 3. The second-order valence-electron chi connectivity index (χ2n) is 12.8. The maximum Gasteiger partial charge on any atom is 0.207 e. The third-order valence-electron chi connectivity index (χ3n) is 9.37. The van der Waals surface area contributed by atoms with Crippen molar-refractivity contribution in [2.24, 2.45) is 0 Å². The fourth-order valence-electron chi connectivity index (χ4n) is 7.08. The van der Waals surface area contributed by atoms with Gasteiger partial charge in [0.15, 0.2) is 5.54 Å². The molecule has 0 amide bonds. The van der Waals surface area contributed by atoms with E-state index >= 15 is 0 Å². The molecule has 2 aliphatic rings. The lowest BCUT2D eigenvalue weighted by atomic mass is 9.81. The summed E-state index contributed by atoms with van der Waals surface area (Å²) in [6, 6.07) is 21.7. The largest absolute Gasteiger partial charge is 1.00 e. The second kappa shape index (κ2) is 11.7. The van der Waals surface area contributed by atoms with E-state index in [4.69, 9.17) is 21.1 Å². The first-order chi connectivity index (χ1) is 20.0. The van der Waals surface area contributed by atoms with Crippen LogP contribution in [-0.2, 0) is 5.88 Å². The van der Waals surface area contributed by atoms with Crippen molar-refractivity contribution in [3.05, 3.63) is 116 Å². The Balaban J connectivity index is 0.00000368. The highest BCUT2D eigenvalue weighted by Crippen LogP contribution is 2.41. The third kappa shape index (κ3) is 5.47. The molecule has 0 saturated carbocycles. The molecule has 0 saturated heterocycles. The zero-order valence-electron chi connectivity index (χ0n) is 26.5. The third-order valence-corrected chi connectivity index (χ3v) is 9.67. The molecule has 0 aromatic heterocycles. The average molecular weight is 615 g/mol. The zero-order valence-corrected chi connectivity index (χ0v) is 28.0. The lowest BCUT2D eigenvalue weighted by molar-refractivity contribution is -0.0000106. The highest BCUT2D eigenvalue weighted by molar-refractivity contribution is 6.17. The van der Waals surface area contributed by atoms with Crippen molar-refractivity contribution in [3.8, 4) is 23.0 Å². The minimum Gasteiger partial charge on any atom is -1.00 e. The summed E-state index contributed by atoms with van der Waals surface area (Å²) in [4.78, 5) is 0. The number of nitrogens with zero attached hydrogens (tertiary/aromatic N) is 1. The summed E-state index contributed by atoms with van der Waals surface area (Å²) < 4.78 is 15.7. The van der Waals surface area contributed by atoms with Crippen LogP contribution in [0.25, 0.3) is 5.57 Å². The van der Waals surface area contributed by atoms with Gasteiger partial charge < -0.3 is 21.9 Å². The van der Waals surface area contributed by atoms with Gasteiger partial charge in [-0.05, 0) is 118 Å². The lowest BCUT2D eigenvalue weighted by Gasteiger charge is -2.31. The molecule has 1 unspecified atom stereocenters. The number of benzene rings is 4. The van der Waals surface area contributed by atoms with Crippen LogP contribution in [0.4, 0.5) is 0 Å². The van der Waals surface area contributed by atoms with Gasteiger partial charge in [-0.25, -0.2) is 4.58 Å². The van der Waals surface area contributed by atoms with Crippen LogP contribution >= 0.6 is 11.6 Å². The number of halogens is 2. The summed E-state index contributed by atoms with van der Waals surface area (Å²) >= 11 is 6.21. The van der Waals surface area contributed by atoms with Gasteiger partial charge in [0, 0.05) is 40.3 Å². The zero-order chi connectivity index (χ0) is 29.9. The molecule has 43 heavy (non-hydrogen) atoms.